The third-order valence-electron chi connectivity index (χ3n) is 5.18. The minimum absolute atomic E-state index is 0.0916. The van der Waals surface area contributed by atoms with E-state index in [1.54, 1.807) is 42.1 Å². The first kappa shape index (κ1) is 21.5. The van der Waals surface area contributed by atoms with Crippen molar-refractivity contribution in [1.82, 2.24) is 9.80 Å². The second-order valence-electron chi connectivity index (χ2n) is 7.39. The molecule has 2 aromatic carbocycles. The summed E-state index contributed by atoms with van der Waals surface area (Å²) in [4.78, 5) is 29.2. The van der Waals surface area contributed by atoms with Gasteiger partial charge in [0.25, 0.3) is 11.6 Å². The van der Waals surface area contributed by atoms with E-state index >= 15 is 0 Å². The summed E-state index contributed by atoms with van der Waals surface area (Å²) in [6.45, 7) is 2.85. The highest BCUT2D eigenvalue weighted by atomic mass is 19.1. The molecule has 1 fully saturated rings. The number of hydrogen-bond donors (Lipinski definition) is 0. The van der Waals surface area contributed by atoms with Crippen molar-refractivity contribution in [3.63, 3.8) is 0 Å². The van der Waals surface area contributed by atoms with E-state index in [9.17, 15) is 19.3 Å². The molecule has 0 aromatic heterocycles. The lowest BCUT2D eigenvalue weighted by Crippen LogP contribution is -2.48. The number of ether oxygens (including phenoxy) is 1. The van der Waals surface area contributed by atoms with Crippen molar-refractivity contribution in [2.75, 3.05) is 52.3 Å². The molecule has 9 heteroatoms. The molecule has 0 atom stereocenters. The Morgan fingerprint density at radius 2 is 1.87 bits per heavy atom. The van der Waals surface area contributed by atoms with Gasteiger partial charge in [0.05, 0.1) is 12.0 Å². The van der Waals surface area contributed by atoms with E-state index in [4.69, 9.17) is 4.74 Å². The Kier molecular flexibility index (Phi) is 6.51. The molecule has 0 N–H and O–H groups in total. The molecule has 8 nitrogen and oxygen atoms in total. The zero-order chi connectivity index (χ0) is 21.8. The molecule has 0 radical (unpaired) electrons. The van der Waals surface area contributed by atoms with Gasteiger partial charge >= 0.3 is 0 Å². The van der Waals surface area contributed by atoms with Crippen LogP contribution in [0.3, 0.4) is 0 Å². The van der Waals surface area contributed by atoms with E-state index in [1.807, 2.05) is 6.07 Å². The van der Waals surface area contributed by atoms with Gasteiger partial charge in [0, 0.05) is 58.4 Å². The third kappa shape index (κ3) is 4.68. The Labute approximate surface area is 174 Å². The van der Waals surface area contributed by atoms with Gasteiger partial charge in [-0.1, -0.05) is 6.07 Å². The molecule has 1 aliphatic heterocycles. The molecule has 2 aromatic rings. The standard InChI is InChI=1S/C21H25FN4O4/c1-23(2)18-6-5-16(13-19(18)26(28)29)21(27)25-10-8-24(9-11-25)14-15-4-7-20(30-3)17(22)12-15/h4-7,12-13H,8-11,14H2,1-3H3. The zero-order valence-corrected chi connectivity index (χ0v) is 17.3. The topological polar surface area (TPSA) is 79.2 Å². The quantitative estimate of drug-likeness (QED) is 0.532. The number of halogens is 1. The van der Waals surface area contributed by atoms with Crippen LogP contribution in [-0.4, -0.2) is 68.0 Å². The van der Waals surface area contributed by atoms with Crippen LogP contribution in [0.1, 0.15) is 15.9 Å². The number of hydrogen-bond acceptors (Lipinski definition) is 6. The molecule has 0 spiro atoms. The molecule has 0 unspecified atom stereocenters. The van der Waals surface area contributed by atoms with Crippen LogP contribution < -0.4 is 9.64 Å². The summed E-state index contributed by atoms with van der Waals surface area (Å²) in [7, 11) is 4.87. The van der Waals surface area contributed by atoms with E-state index < -0.39 is 10.7 Å². The van der Waals surface area contributed by atoms with E-state index in [1.165, 1.54) is 19.2 Å². The first-order chi connectivity index (χ1) is 14.3. The fourth-order valence-corrected chi connectivity index (χ4v) is 3.54. The van der Waals surface area contributed by atoms with Crippen molar-refractivity contribution >= 4 is 17.3 Å². The predicted molar refractivity (Wildman–Crippen MR) is 112 cm³/mol. The van der Waals surface area contributed by atoms with Crippen LogP contribution in [-0.2, 0) is 6.54 Å². The van der Waals surface area contributed by atoms with Crippen molar-refractivity contribution in [3.05, 3.63) is 63.5 Å². The highest BCUT2D eigenvalue weighted by molar-refractivity contribution is 5.95. The number of carbonyl (C=O) groups is 1. The lowest BCUT2D eigenvalue weighted by Gasteiger charge is -2.34. The number of rotatable bonds is 6. The van der Waals surface area contributed by atoms with Crippen LogP contribution in [0, 0.1) is 15.9 Å². The molecular weight excluding hydrogens is 391 g/mol. The molecule has 30 heavy (non-hydrogen) atoms. The first-order valence-electron chi connectivity index (χ1n) is 9.60. The largest absolute Gasteiger partial charge is 0.494 e. The van der Waals surface area contributed by atoms with E-state index in [2.05, 4.69) is 4.90 Å². The maximum Gasteiger partial charge on any atom is 0.293 e. The number of carbonyl (C=O) groups excluding carboxylic acids is 1. The molecule has 1 amide bonds. The van der Waals surface area contributed by atoms with Crippen LogP contribution >= 0.6 is 0 Å². The SMILES string of the molecule is COc1ccc(CN2CCN(C(=O)c3ccc(N(C)C)c([N+](=O)[O-])c3)CC2)cc1F. The Morgan fingerprint density at radius 1 is 1.17 bits per heavy atom. The number of piperazine rings is 1. The monoisotopic (exact) mass is 416 g/mol. The van der Waals surface area contributed by atoms with Gasteiger partial charge in [0.1, 0.15) is 5.69 Å². The molecule has 1 aliphatic rings. The summed E-state index contributed by atoms with van der Waals surface area (Å²) in [5.41, 5.74) is 1.50. The summed E-state index contributed by atoms with van der Waals surface area (Å²) in [5.74, 6) is -0.409. The zero-order valence-electron chi connectivity index (χ0n) is 17.3. The number of nitrogens with zero attached hydrogens (tertiary/aromatic N) is 4. The molecule has 0 bridgehead atoms. The Balaban J connectivity index is 1.63. The maximum absolute atomic E-state index is 13.9. The molecule has 0 aliphatic carbocycles. The predicted octanol–water partition coefficient (Wildman–Crippen LogP) is 2.77. The molecule has 160 valence electrons. The van der Waals surface area contributed by atoms with Crippen molar-refractivity contribution in [1.29, 1.82) is 0 Å². The third-order valence-corrected chi connectivity index (χ3v) is 5.18. The van der Waals surface area contributed by atoms with Gasteiger partial charge in [-0.25, -0.2) is 4.39 Å². The normalized spacial score (nSPS) is 14.5. The van der Waals surface area contributed by atoms with Crippen molar-refractivity contribution in [3.8, 4) is 5.75 Å². The molecule has 1 heterocycles. The number of nitro groups is 1. The lowest BCUT2D eigenvalue weighted by atomic mass is 10.1. The van der Waals surface area contributed by atoms with Crippen LogP contribution in [0.15, 0.2) is 36.4 Å². The van der Waals surface area contributed by atoms with Crippen molar-refractivity contribution in [2.24, 2.45) is 0 Å². The van der Waals surface area contributed by atoms with Gasteiger partial charge < -0.3 is 14.5 Å². The van der Waals surface area contributed by atoms with Crippen LogP contribution in [0.2, 0.25) is 0 Å². The number of benzene rings is 2. The molecule has 0 saturated carbocycles. The van der Waals surface area contributed by atoms with E-state index in [-0.39, 0.29) is 17.3 Å². The van der Waals surface area contributed by atoms with Gasteiger partial charge in [-0.15, -0.1) is 0 Å². The fraction of sp³-hybridized carbons (Fsp3) is 0.381. The molecule has 3 rings (SSSR count). The number of amides is 1. The van der Waals surface area contributed by atoms with Gasteiger partial charge in [0.2, 0.25) is 0 Å². The summed E-state index contributed by atoms with van der Waals surface area (Å²) in [6.07, 6.45) is 0. The number of methoxy groups -OCH3 is 1. The second kappa shape index (κ2) is 9.08. The molecule has 1 saturated heterocycles. The summed E-state index contributed by atoms with van der Waals surface area (Å²) >= 11 is 0. The van der Waals surface area contributed by atoms with Crippen LogP contribution in [0.4, 0.5) is 15.8 Å². The number of anilines is 1. The summed E-state index contributed by atoms with van der Waals surface area (Å²) in [5, 5.41) is 11.4. The molecular formula is C21H25FN4O4. The summed E-state index contributed by atoms with van der Waals surface area (Å²) < 4.78 is 18.8. The van der Waals surface area contributed by atoms with Gasteiger partial charge in [-0.05, 0) is 29.8 Å². The maximum atomic E-state index is 13.9. The first-order valence-corrected chi connectivity index (χ1v) is 9.60. The summed E-state index contributed by atoms with van der Waals surface area (Å²) in [6, 6.07) is 9.45. The lowest BCUT2D eigenvalue weighted by molar-refractivity contribution is -0.384. The Bertz CT molecular complexity index is 943. The Hall–Kier alpha value is -3.20. The Morgan fingerprint density at radius 3 is 2.43 bits per heavy atom. The van der Waals surface area contributed by atoms with Crippen LogP contribution in [0.25, 0.3) is 0 Å². The van der Waals surface area contributed by atoms with Gasteiger partial charge in [-0.3, -0.25) is 19.8 Å². The fourth-order valence-electron chi connectivity index (χ4n) is 3.54. The van der Waals surface area contributed by atoms with E-state index in [0.717, 1.165) is 5.56 Å². The average Bonchev–Trinajstić information content (AvgIpc) is 2.73. The average molecular weight is 416 g/mol. The highest BCUT2D eigenvalue weighted by Crippen LogP contribution is 2.28. The van der Waals surface area contributed by atoms with Gasteiger partial charge in [-0.2, -0.15) is 0 Å². The minimum Gasteiger partial charge on any atom is -0.494 e. The van der Waals surface area contributed by atoms with E-state index in [0.29, 0.717) is 44.0 Å². The van der Waals surface area contributed by atoms with Crippen LogP contribution in [0.5, 0.6) is 5.75 Å². The minimum atomic E-state index is -0.474. The highest BCUT2D eigenvalue weighted by Gasteiger charge is 2.25. The number of nitro benzene ring substituents is 1. The smallest absolute Gasteiger partial charge is 0.293 e. The van der Waals surface area contributed by atoms with Crippen molar-refractivity contribution < 1.29 is 18.8 Å². The van der Waals surface area contributed by atoms with Crippen molar-refractivity contribution in [2.45, 2.75) is 6.54 Å². The van der Waals surface area contributed by atoms with Gasteiger partial charge in [0.15, 0.2) is 11.6 Å². The second-order valence-corrected chi connectivity index (χ2v) is 7.39.